The molecule has 4 atom stereocenters. The van der Waals surface area contributed by atoms with E-state index in [1.807, 2.05) is 36.5 Å². The fraction of sp³-hybridized carbons (Fsp3) is 0.718. The van der Waals surface area contributed by atoms with Crippen LogP contribution in [-0.2, 0) is 46.6 Å². The molecule has 16 heteroatoms. The van der Waals surface area contributed by atoms with Gasteiger partial charge in [-0.05, 0) is 50.5 Å². The summed E-state index contributed by atoms with van der Waals surface area (Å²) in [5.41, 5.74) is 0. The number of unbranched alkanes of at least 4 members (excludes halogenated alkanes) is 8. The highest BCUT2D eigenvalue weighted by molar-refractivity contribution is 7.47. The fourth-order valence-corrected chi connectivity index (χ4v) is 5.95. The van der Waals surface area contributed by atoms with Crippen LogP contribution in [0.1, 0.15) is 136 Å². The molecule has 0 saturated carbocycles. The Morgan fingerprint density at radius 2 is 1.25 bits per heavy atom. The Morgan fingerprint density at radius 3 is 1.95 bits per heavy atom. The minimum absolute atomic E-state index is 0.0282. The quantitative estimate of drug-likeness (QED) is 0.0116. The number of ketones is 1. The first-order chi connectivity index (χ1) is 26.2. The smallest absolute Gasteiger partial charge is 0.462 e. The zero-order valence-electron chi connectivity index (χ0n) is 33.2. The van der Waals surface area contributed by atoms with Gasteiger partial charge in [0.05, 0.1) is 19.8 Å². The molecule has 2 unspecified atom stereocenters. The van der Waals surface area contributed by atoms with E-state index < -0.39 is 66.2 Å². The average Bonchev–Trinajstić information content (AvgIpc) is 3.13. The number of carbonyl (C=O) groups excluding carboxylic acids is 3. The lowest BCUT2D eigenvalue weighted by atomic mass is 10.00. The Hall–Kier alpha value is -2.25. The van der Waals surface area contributed by atoms with Crippen molar-refractivity contribution < 1.29 is 66.3 Å². The second-order valence-corrected chi connectivity index (χ2v) is 16.2. The number of phosphoric acid groups is 2. The first-order valence-corrected chi connectivity index (χ1v) is 22.7. The van der Waals surface area contributed by atoms with Gasteiger partial charge in [0.15, 0.2) is 11.9 Å². The number of aliphatic hydroxyl groups is 1. The van der Waals surface area contributed by atoms with Crippen LogP contribution < -0.4 is 0 Å². The summed E-state index contributed by atoms with van der Waals surface area (Å²) in [6, 6.07) is 0. The Morgan fingerprint density at radius 1 is 0.655 bits per heavy atom. The van der Waals surface area contributed by atoms with Crippen LogP contribution in [0, 0.1) is 5.92 Å². The highest BCUT2D eigenvalue weighted by atomic mass is 31.2. The van der Waals surface area contributed by atoms with Crippen LogP contribution in [0.2, 0.25) is 0 Å². The van der Waals surface area contributed by atoms with Gasteiger partial charge in [0.25, 0.3) is 0 Å². The highest BCUT2D eigenvalue weighted by Crippen LogP contribution is 2.43. The molecule has 0 aliphatic rings. The molecule has 0 aromatic carbocycles. The molecule has 0 aliphatic heterocycles. The minimum atomic E-state index is -4.87. The number of allylic oxidation sites excluding steroid dienone is 8. The van der Waals surface area contributed by atoms with E-state index in [9.17, 15) is 33.5 Å². The molecule has 0 aromatic rings. The Balaban J connectivity index is 4.73. The molecule has 0 heterocycles. The van der Waals surface area contributed by atoms with E-state index in [-0.39, 0.29) is 18.6 Å². The van der Waals surface area contributed by atoms with Crippen LogP contribution in [0.4, 0.5) is 0 Å². The zero-order valence-corrected chi connectivity index (χ0v) is 35.0. The number of esters is 2. The normalized spacial score (nSPS) is 15.2. The minimum Gasteiger partial charge on any atom is -0.462 e. The summed E-state index contributed by atoms with van der Waals surface area (Å²) >= 11 is 0. The number of carbonyl (C=O) groups is 3. The molecule has 0 bridgehead atoms. The molecular weight excluding hydrogens is 754 g/mol. The molecule has 0 aliphatic carbocycles. The highest BCUT2D eigenvalue weighted by Gasteiger charge is 2.28. The molecule has 0 fully saturated rings. The van der Waals surface area contributed by atoms with Crippen LogP contribution in [0.25, 0.3) is 0 Å². The Bertz CT molecular complexity index is 1240. The average molecular weight is 823 g/mol. The van der Waals surface area contributed by atoms with E-state index in [2.05, 4.69) is 29.8 Å². The van der Waals surface area contributed by atoms with Gasteiger partial charge in [-0.25, -0.2) is 9.13 Å². The lowest BCUT2D eigenvalue weighted by Gasteiger charge is -2.20. The van der Waals surface area contributed by atoms with Crippen molar-refractivity contribution in [2.45, 2.75) is 149 Å². The summed E-state index contributed by atoms with van der Waals surface area (Å²) in [7, 11) is -9.70. The SMILES string of the molecule is CCCCCC(=O)/C=C/C=C\C/C=C\C/C=C\CCCC(=O)O[C@H](COC(=O)CCCCCCCCC(C)CC)COP(=O)(O)OC[C@@H](O)COP(=O)(O)O. The summed E-state index contributed by atoms with van der Waals surface area (Å²) in [6.07, 6.45) is 27.0. The predicted octanol–water partition coefficient (Wildman–Crippen LogP) is 8.54. The lowest BCUT2D eigenvalue weighted by Crippen LogP contribution is -2.29. The van der Waals surface area contributed by atoms with Gasteiger partial charge in [0, 0.05) is 19.3 Å². The summed E-state index contributed by atoms with van der Waals surface area (Å²) in [6.45, 7) is 3.73. The van der Waals surface area contributed by atoms with Gasteiger partial charge in [0.1, 0.15) is 12.7 Å². The number of hydrogen-bond acceptors (Lipinski definition) is 11. The predicted molar refractivity (Wildman–Crippen MR) is 212 cm³/mol. The molecule has 0 aromatic heterocycles. The maximum Gasteiger partial charge on any atom is 0.472 e. The van der Waals surface area contributed by atoms with Gasteiger partial charge in [-0.15, -0.1) is 0 Å². The number of hydrogen-bond donors (Lipinski definition) is 4. The maximum atomic E-state index is 12.6. The standard InChI is InChI=1S/C39H68O14P2/c1-4-6-20-26-35(40)27-22-17-12-10-8-7-9-11-13-19-24-29-39(43)53-37(33-52-55(47,48)51-31-36(41)30-50-54(44,45)46)32-49-38(42)28-23-18-15-14-16-21-25-34(3)5-2/h7-8,11-13,17,22,27,34,36-37,41H,4-6,9-10,14-16,18-21,23-26,28-33H2,1-3H3,(H,47,48)(H2,44,45,46)/b8-7-,13-11-,17-12-,27-22+/t34?,36-,37+/m0/s1. The van der Waals surface area contributed by atoms with E-state index in [4.69, 9.17) is 23.8 Å². The molecule has 0 rings (SSSR count). The van der Waals surface area contributed by atoms with Crippen molar-refractivity contribution in [2.75, 3.05) is 26.4 Å². The van der Waals surface area contributed by atoms with E-state index in [0.29, 0.717) is 32.1 Å². The third-order valence-corrected chi connectivity index (χ3v) is 9.66. The van der Waals surface area contributed by atoms with Crippen molar-refractivity contribution in [3.8, 4) is 0 Å². The van der Waals surface area contributed by atoms with Crippen LogP contribution >= 0.6 is 15.6 Å². The first kappa shape index (κ1) is 52.8. The van der Waals surface area contributed by atoms with E-state index in [1.165, 1.54) is 19.3 Å². The fourth-order valence-electron chi connectivity index (χ4n) is 4.80. The molecule has 318 valence electrons. The number of aliphatic hydroxyl groups excluding tert-OH is 1. The summed E-state index contributed by atoms with van der Waals surface area (Å²) < 4.78 is 47.5. The lowest BCUT2D eigenvalue weighted by molar-refractivity contribution is -0.161. The van der Waals surface area contributed by atoms with Crippen LogP contribution in [0.15, 0.2) is 48.6 Å². The van der Waals surface area contributed by atoms with Crippen molar-refractivity contribution in [3.05, 3.63) is 48.6 Å². The monoisotopic (exact) mass is 822 g/mol. The van der Waals surface area contributed by atoms with Crippen molar-refractivity contribution >= 4 is 33.4 Å². The molecule has 0 amide bonds. The van der Waals surface area contributed by atoms with E-state index >= 15 is 0 Å². The van der Waals surface area contributed by atoms with Gasteiger partial charge in [-0.1, -0.05) is 121 Å². The molecule has 0 radical (unpaired) electrons. The Labute approximate surface area is 328 Å². The second-order valence-electron chi connectivity index (χ2n) is 13.5. The topological polar surface area (TPSA) is 212 Å². The first-order valence-electron chi connectivity index (χ1n) is 19.7. The largest absolute Gasteiger partial charge is 0.472 e. The van der Waals surface area contributed by atoms with Crippen molar-refractivity contribution in [1.29, 1.82) is 0 Å². The van der Waals surface area contributed by atoms with Gasteiger partial charge < -0.3 is 29.3 Å². The molecule has 14 nitrogen and oxygen atoms in total. The van der Waals surface area contributed by atoms with Crippen molar-refractivity contribution in [1.82, 2.24) is 0 Å². The van der Waals surface area contributed by atoms with E-state index in [0.717, 1.165) is 57.3 Å². The third kappa shape index (κ3) is 37.1. The number of rotatable bonds is 36. The maximum absolute atomic E-state index is 12.6. The molecular formula is C39H68O14P2. The van der Waals surface area contributed by atoms with Crippen molar-refractivity contribution in [3.63, 3.8) is 0 Å². The molecule has 0 spiro atoms. The molecule has 4 N–H and O–H groups in total. The van der Waals surface area contributed by atoms with Gasteiger partial charge in [0.2, 0.25) is 0 Å². The van der Waals surface area contributed by atoms with Crippen LogP contribution in [0.5, 0.6) is 0 Å². The molecule has 0 saturated heterocycles. The second kappa shape index (κ2) is 33.8. The summed E-state index contributed by atoms with van der Waals surface area (Å²) in [5.74, 6) is -0.258. The van der Waals surface area contributed by atoms with Gasteiger partial charge in [-0.3, -0.25) is 28.0 Å². The molecule has 55 heavy (non-hydrogen) atoms. The van der Waals surface area contributed by atoms with Gasteiger partial charge in [-0.2, -0.15) is 0 Å². The summed E-state index contributed by atoms with van der Waals surface area (Å²) in [5, 5.41) is 9.71. The van der Waals surface area contributed by atoms with Crippen molar-refractivity contribution in [2.24, 2.45) is 5.92 Å². The Kier molecular flexibility index (Phi) is 32.5. The summed E-state index contributed by atoms with van der Waals surface area (Å²) in [4.78, 5) is 64.1. The zero-order chi connectivity index (χ0) is 41.2. The van der Waals surface area contributed by atoms with Crippen LogP contribution in [-0.4, -0.2) is 76.1 Å². The van der Waals surface area contributed by atoms with E-state index in [1.54, 1.807) is 12.2 Å². The third-order valence-electron chi connectivity index (χ3n) is 8.23. The number of phosphoric ester groups is 2. The number of ether oxygens (including phenoxy) is 2. The van der Waals surface area contributed by atoms with Gasteiger partial charge >= 0.3 is 27.6 Å². The van der Waals surface area contributed by atoms with Crippen LogP contribution in [0.3, 0.4) is 0 Å².